The van der Waals surface area contributed by atoms with Crippen molar-refractivity contribution in [3.8, 4) is 0 Å². The van der Waals surface area contributed by atoms with Gasteiger partial charge in [-0.3, -0.25) is 9.48 Å². The van der Waals surface area contributed by atoms with E-state index in [1.807, 2.05) is 36.9 Å². The van der Waals surface area contributed by atoms with Crippen LogP contribution in [0.15, 0.2) is 30.3 Å². The fraction of sp³-hybridized carbons (Fsp3) is 0.444. The highest BCUT2D eigenvalue weighted by Crippen LogP contribution is 2.14. The molecule has 132 valence electrons. The maximum absolute atomic E-state index is 11.8. The largest absolute Gasteiger partial charge is 0.352 e. The van der Waals surface area contributed by atoms with Gasteiger partial charge in [0, 0.05) is 24.2 Å². The Morgan fingerprint density at radius 3 is 2.58 bits per heavy atom. The average molecular weight is 351 g/mol. The molecule has 1 heterocycles. The number of carbonyl (C=O) groups excluding carboxylic acids is 1. The van der Waals surface area contributed by atoms with Crippen molar-refractivity contribution in [1.29, 1.82) is 0 Å². The lowest BCUT2D eigenvalue weighted by molar-refractivity contribution is -0.121. The molecule has 2 aromatic rings. The molecule has 1 amide bonds. The highest BCUT2D eigenvalue weighted by Gasteiger charge is 2.12. The van der Waals surface area contributed by atoms with Crippen molar-refractivity contribution < 1.29 is 4.79 Å². The molecule has 0 aliphatic heterocycles. The Bertz CT molecular complexity index is 640. The van der Waals surface area contributed by atoms with Gasteiger partial charge in [0.1, 0.15) is 0 Å². The Morgan fingerprint density at radius 1 is 1.21 bits per heavy atom. The normalized spacial score (nSPS) is 10.3. The maximum atomic E-state index is 11.8. The second kappa shape index (κ2) is 10.1. The van der Waals surface area contributed by atoms with Crippen LogP contribution in [-0.4, -0.2) is 29.3 Å². The zero-order chi connectivity index (χ0) is 16.7. The van der Waals surface area contributed by atoms with E-state index >= 15 is 0 Å². The highest BCUT2D eigenvalue weighted by molar-refractivity contribution is 5.85. The minimum absolute atomic E-state index is 0. The summed E-state index contributed by atoms with van der Waals surface area (Å²) in [6.45, 7) is 6.22. The van der Waals surface area contributed by atoms with Crippen molar-refractivity contribution in [3.63, 3.8) is 0 Å². The summed E-state index contributed by atoms with van der Waals surface area (Å²) in [5.41, 5.74) is 4.43. The summed E-state index contributed by atoms with van der Waals surface area (Å²) in [5.74, 6) is 0.0925. The molecule has 0 atom stereocenters. The van der Waals surface area contributed by atoms with Crippen LogP contribution in [0.1, 0.15) is 35.4 Å². The first-order valence-corrected chi connectivity index (χ1v) is 8.10. The standard InChI is InChI=1S/C18H26N4O.ClH/c1-14-17(12-20-18(23)10-7-11-19-3)15(2)22(21-14)13-16-8-5-4-6-9-16;/h4-6,8-9,19H,7,10-13H2,1-3H3,(H,20,23);1H. The molecule has 2 rings (SSSR count). The smallest absolute Gasteiger partial charge is 0.220 e. The SMILES string of the molecule is CNCCCC(=O)NCc1c(C)nn(Cc2ccccc2)c1C.Cl. The van der Waals surface area contributed by atoms with Crippen molar-refractivity contribution in [2.24, 2.45) is 0 Å². The number of nitrogens with one attached hydrogen (secondary N) is 2. The molecule has 24 heavy (non-hydrogen) atoms. The molecular weight excluding hydrogens is 324 g/mol. The third kappa shape index (κ3) is 5.65. The molecule has 0 aliphatic rings. The van der Waals surface area contributed by atoms with Crippen molar-refractivity contribution in [1.82, 2.24) is 20.4 Å². The van der Waals surface area contributed by atoms with Gasteiger partial charge in [0.05, 0.1) is 12.2 Å². The number of carbonyl (C=O) groups is 1. The third-order valence-corrected chi connectivity index (χ3v) is 4.00. The number of hydrogen-bond acceptors (Lipinski definition) is 3. The molecule has 0 saturated heterocycles. The Hall–Kier alpha value is -1.85. The lowest BCUT2D eigenvalue weighted by Crippen LogP contribution is -2.24. The minimum Gasteiger partial charge on any atom is -0.352 e. The van der Waals surface area contributed by atoms with Gasteiger partial charge >= 0.3 is 0 Å². The first-order chi connectivity index (χ1) is 11.1. The van der Waals surface area contributed by atoms with Gasteiger partial charge in [-0.15, -0.1) is 12.4 Å². The van der Waals surface area contributed by atoms with E-state index in [2.05, 4.69) is 34.8 Å². The van der Waals surface area contributed by atoms with Crippen molar-refractivity contribution in [3.05, 3.63) is 52.8 Å². The highest BCUT2D eigenvalue weighted by atomic mass is 35.5. The number of halogens is 1. The van der Waals surface area contributed by atoms with Gasteiger partial charge in [0.15, 0.2) is 0 Å². The second-order valence-corrected chi connectivity index (χ2v) is 5.78. The molecule has 2 N–H and O–H groups in total. The number of hydrogen-bond donors (Lipinski definition) is 2. The van der Waals surface area contributed by atoms with E-state index < -0.39 is 0 Å². The van der Waals surface area contributed by atoms with Gasteiger partial charge in [-0.1, -0.05) is 30.3 Å². The van der Waals surface area contributed by atoms with E-state index in [1.165, 1.54) is 5.56 Å². The fourth-order valence-corrected chi connectivity index (χ4v) is 2.60. The van der Waals surface area contributed by atoms with E-state index in [1.54, 1.807) is 0 Å². The maximum Gasteiger partial charge on any atom is 0.220 e. The lowest BCUT2D eigenvalue weighted by Gasteiger charge is -2.07. The third-order valence-electron chi connectivity index (χ3n) is 4.00. The Kier molecular flexibility index (Phi) is 8.50. The summed E-state index contributed by atoms with van der Waals surface area (Å²) in [6, 6.07) is 10.3. The van der Waals surface area contributed by atoms with Crippen molar-refractivity contribution in [2.75, 3.05) is 13.6 Å². The minimum atomic E-state index is 0. The second-order valence-electron chi connectivity index (χ2n) is 5.78. The summed E-state index contributed by atoms with van der Waals surface area (Å²) in [4.78, 5) is 11.8. The quantitative estimate of drug-likeness (QED) is 0.719. The molecule has 0 fully saturated rings. The molecule has 0 radical (unpaired) electrons. The van der Waals surface area contributed by atoms with Crippen molar-refractivity contribution >= 4 is 18.3 Å². The van der Waals surface area contributed by atoms with Crippen LogP contribution in [-0.2, 0) is 17.9 Å². The van der Waals surface area contributed by atoms with Gasteiger partial charge in [-0.2, -0.15) is 5.10 Å². The van der Waals surface area contributed by atoms with Gasteiger partial charge in [0.2, 0.25) is 5.91 Å². The van der Waals surface area contributed by atoms with E-state index in [-0.39, 0.29) is 18.3 Å². The number of amides is 1. The van der Waals surface area contributed by atoms with Crippen LogP contribution in [0.2, 0.25) is 0 Å². The van der Waals surface area contributed by atoms with Crippen LogP contribution in [0.4, 0.5) is 0 Å². The molecule has 6 heteroatoms. The van der Waals surface area contributed by atoms with E-state index in [0.717, 1.165) is 36.5 Å². The number of nitrogens with zero attached hydrogens (tertiary/aromatic N) is 2. The molecule has 1 aromatic heterocycles. The molecule has 0 spiro atoms. The first kappa shape index (κ1) is 20.2. The van der Waals surface area contributed by atoms with E-state index in [4.69, 9.17) is 0 Å². The van der Waals surface area contributed by atoms with Gasteiger partial charge in [-0.05, 0) is 39.4 Å². The summed E-state index contributed by atoms with van der Waals surface area (Å²) < 4.78 is 2.01. The summed E-state index contributed by atoms with van der Waals surface area (Å²) in [6.07, 6.45) is 1.41. The predicted molar refractivity (Wildman–Crippen MR) is 99.5 cm³/mol. The van der Waals surface area contributed by atoms with Crippen LogP contribution < -0.4 is 10.6 Å². The molecular formula is C18H27ClN4O. The fourth-order valence-electron chi connectivity index (χ4n) is 2.60. The zero-order valence-electron chi connectivity index (χ0n) is 14.6. The molecule has 1 aromatic carbocycles. The zero-order valence-corrected chi connectivity index (χ0v) is 15.4. The monoisotopic (exact) mass is 350 g/mol. The number of aryl methyl sites for hydroxylation is 1. The first-order valence-electron chi connectivity index (χ1n) is 8.10. The predicted octanol–water partition coefficient (Wildman–Crippen LogP) is 2.59. The summed E-state index contributed by atoms with van der Waals surface area (Å²) >= 11 is 0. The van der Waals surface area contributed by atoms with Crippen LogP contribution in [0.25, 0.3) is 0 Å². The molecule has 0 saturated carbocycles. The van der Waals surface area contributed by atoms with Crippen LogP contribution in [0.3, 0.4) is 0 Å². The van der Waals surface area contributed by atoms with Gasteiger partial charge in [-0.25, -0.2) is 0 Å². The van der Waals surface area contributed by atoms with Crippen LogP contribution >= 0.6 is 12.4 Å². The van der Waals surface area contributed by atoms with Gasteiger partial charge < -0.3 is 10.6 Å². The topological polar surface area (TPSA) is 59.0 Å². The van der Waals surface area contributed by atoms with Gasteiger partial charge in [0.25, 0.3) is 0 Å². The molecule has 0 bridgehead atoms. The molecule has 0 aliphatic carbocycles. The number of rotatable bonds is 8. The Morgan fingerprint density at radius 2 is 1.92 bits per heavy atom. The number of aromatic nitrogens is 2. The van der Waals surface area contributed by atoms with E-state index in [0.29, 0.717) is 13.0 Å². The Balaban J connectivity index is 0.00000288. The Labute approximate surface area is 150 Å². The summed E-state index contributed by atoms with van der Waals surface area (Å²) in [7, 11) is 1.89. The number of benzene rings is 1. The van der Waals surface area contributed by atoms with E-state index in [9.17, 15) is 4.79 Å². The lowest BCUT2D eigenvalue weighted by atomic mass is 10.2. The average Bonchev–Trinajstić information content (AvgIpc) is 2.80. The van der Waals surface area contributed by atoms with Crippen LogP contribution in [0, 0.1) is 13.8 Å². The van der Waals surface area contributed by atoms with Crippen LogP contribution in [0.5, 0.6) is 0 Å². The molecule has 0 unspecified atom stereocenters. The summed E-state index contributed by atoms with van der Waals surface area (Å²) in [5, 5.41) is 10.7. The van der Waals surface area contributed by atoms with Crippen molar-refractivity contribution in [2.45, 2.75) is 39.8 Å². The molecule has 5 nitrogen and oxygen atoms in total.